The number of benzene rings is 1. The van der Waals surface area contributed by atoms with Crippen LogP contribution >= 0.6 is 0 Å². The highest BCUT2D eigenvalue weighted by Gasteiger charge is 2.27. The summed E-state index contributed by atoms with van der Waals surface area (Å²) in [5.41, 5.74) is 2.51. The molecule has 1 aromatic carbocycles. The van der Waals surface area contributed by atoms with Gasteiger partial charge in [-0.15, -0.1) is 0 Å². The van der Waals surface area contributed by atoms with Crippen LogP contribution in [0.4, 0.5) is 0 Å². The monoisotopic (exact) mass is 318 g/mol. The van der Waals surface area contributed by atoms with Gasteiger partial charge in [0, 0.05) is 32.1 Å². The summed E-state index contributed by atoms with van der Waals surface area (Å²) in [5, 5.41) is 3.01. The van der Waals surface area contributed by atoms with Crippen LogP contribution in [0.5, 0.6) is 5.75 Å². The number of hydrogen-bond acceptors (Lipinski definition) is 4. The summed E-state index contributed by atoms with van der Waals surface area (Å²) in [6, 6.07) is 6.74. The zero-order valence-corrected chi connectivity index (χ0v) is 14.0. The molecule has 1 fully saturated rings. The van der Waals surface area contributed by atoms with Crippen LogP contribution in [0.3, 0.4) is 0 Å². The highest BCUT2D eigenvalue weighted by molar-refractivity contribution is 5.81. The molecule has 1 aromatic rings. The Morgan fingerprint density at radius 3 is 3.09 bits per heavy atom. The number of carbonyl (C=O) groups is 1. The molecule has 0 spiro atoms. The van der Waals surface area contributed by atoms with Crippen molar-refractivity contribution < 1.29 is 14.3 Å². The van der Waals surface area contributed by atoms with E-state index in [0.717, 1.165) is 31.7 Å². The first-order valence-corrected chi connectivity index (χ1v) is 8.51. The first-order valence-electron chi connectivity index (χ1n) is 8.51. The van der Waals surface area contributed by atoms with E-state index in [1.54, 1.807) is 0 Å². The molecule has 0 saturated carbocycles. The summed E-state index contributed by atoms with van der Waals surface area (Å²) >= 11 is 0. The molecule has 126 valence electrons. The van der Waals surface area contributed by atoms with Crippen LogP contribution in [0.15, 0.2) is 18.2 Å². The third kappa shape index (κ3) is 4.03. The van der Waals surface area contributed by atoms with Crippen molar-refractivity contribution in [1.29, 1.82) is 0 Å². The van der Waals surface area contributed by atoms with E-state index in [0.29, 0.717) is 25.7 Å². The second-order valence-electron chi connectivity index (χ2n) is 6.53. The summed E-state index contributed by atoms with van der Waals surface area (Å²) in [6.45, 7) is 7.93. The number of hydrogen-bond donors (Lipinski definition) is 1. The molecule has 5 heteroatoms. The van der Waals surface area contributed by atoms with Crippen LogP contribution < -0.4 is 10.1 Å². The van der Waals surface area contributed by atoms with Crippen LogP contribution in [0, 0.1) is 0 Å². The van der Waals surface area contributed by atoms with Gasteiger partial charge in [0.05, 0.1) is 13.2 Å². The molecule has 0 aliphatic carbocycles. The Morgan fingerprint density at radius 2 is 2.26 bits per heavy atom. The molecule has 0 radical (unpaired) electrons. The summed E-state index contributed by atoms with van der Waals surface area (Å²) in [7, 11) is 0. The molecule has 2 aliphatic heterocycles. The smallest absolute Gasteiger partial charge is 0.250 e. The molecule has 1 saturated heterocycles. The summed E-state index contributed by atoms with van der Waals surface area (Å²) in [4.78, 5) is 14.5. The Bertz CT molecular complexity index is 559. The Balaban J connectivity index is 1.46. The van der Waals surface area contributed by atoms with E-state index in [9.17, 15) is 4.79 Å². The van der Waals surface area contributed by atoms with Gasteiger partial charge in [-0.1, -0.05) is 12.1 Å². The number of morpholine rings is 1. The van der Waals surface area contributed by atoms with Crippen molar-refractivity contribution in [1.82, 2.24) is 10.2 Å². The number of nitrogens with one attached hydrogen (secondary N) is 1. The summed E-state index contributed by atoms with van der Waals surface area (Å²) in [6.07, 6.45) is 1.47. The molecule has 1 atom stereocenters. The molecule has 0 unspecified atom stereocenters. The van der Waals surface area contributed by atoms with Crippen molar-refractivity contribution in [2.24, 2.45) is 0 Å². The zero-order chi connectivity index (χ0) is 16.2. The zero-order valence-electron chi connectivity index (χ0n) is 14.0. The van der Waals surface area contributed by atoms with Gasteiger partial charge in [-0.25, -0.2) is 0 Å². The second kappa shape index (κ2) is 7.32. The van der Waals surface area contributed by atoms with E-state index in [4.69, 9.17) is 9.47 Å². The lowest BCUT2D eigenvalue weighted by atomic mass is 10.1. The largest absolute Gasteiger partial charge is 0.493 e. The second-order valence-corrected chi connectivity index (χ2v) is 6.53. The number of carbonyl (C=O) groups excluding carboxylic acids is 1. The molecule has 2 heterocycles. The van der Waals surface area contributed by atoms with Crippen molar-refractivity contribution in [3.8, 4) is 5.75 Å². The molecule has 0 aromatic heterocycles. The van der Waals surface area contributed by atoms with E-state index in [1.807, 2.05) is 6.07 Å². The van der Waals surface area contributed by atoms with Gasteiger partial charge in [0.1, 0.15) is 11.9 Å². The quantitative estimate of drug-likeness (QED) is 0.891. The molecule has 2 aliphatic rings. The molecular weight excluding hydrogens is 292 g/mol. The third-order valence-electron chi connectivity index (χ3n) is 4.59. The highest BCUT2D eigenvalue weighted by Crippen LogP contribution is 2.25. The van der Waals surface area contributed by atoms with Crippen molar-refractivity contribution >= 4 is 5.91 Å². The fourth-order valence-corrected chi connectivity index (χ4v) is 3.14. The van der Waals surface area contributed by atoms with Gasteiger partial charge in [0.25, 0.3) is 0 Å². The molecule has 0 bridgehead atoms. The number of fused-ring (bicyclic) bond motifs is 1. The molecule has 1 N–H and O–H groups in total. The standard InChI is InChI=1S/C18H26N2O3/c1-13(2)20-8-10-23-17(12-20)18(21)19-7-5-14-3-4-16-15(11-14)6-9-22-16/h3-4,11,13,17H,5-10,12H2,1-2H3,(H,19,21)/t17-/m1/s1. The molecular formula is C18H26N2O3. The lowest BCUT2D eigenvalue weighted by molar-refractivity contribution is -0.139. The third-order valence-corrected chi connectivity index (χ3v) is 4.59. The predicted molar refractivity (Wildman–Crippen MR) is 88.8 cm³/mol. The van der Waals surface area contributed by atoms with Crippen molar-refractivity contribution in [3.05, 3.63) is 29.3 Å². The minimum atomic E-state index is -0.348. The summed E-state index contributed by atoms with van der Waals surface area (Å²) in [5.74, 6) is 1.00. The number of nitrogens with zero attached hydrogens (tertiary/aromatic N) is 1. The average Bonchev–Trinajstić information content (AvgIpc) is 3.02. The van der Waals surface area contributed by atoms with Crippen LogP contribution in [-0.2, 0) is 22.4 Å². The maximum Gasteiger partial charge on any atom is 0.250 e. The number of amides is 1. The number of ether oxygens (including phenoxy) is 2. The Hall–Kier alpha value is -1.59. The maximum atomic E-state index is 12.3. The van der Waals surface area contributed by atoms with E-state index in [2.05, 4.69) is 36.2 Å². The first kappa shape index (κ1) is 16.3. The number of rotatable bonds is 5. The Morgan fingerprint density at radius 1 is 1.39 bits per heavy atom. The van der Waals surface area contributed by atoms with Gasteiger partial charge in [0.2, 0.25) is 5.91 Å². The van der Waals surface area contributed by atoms with E-state index in [-0.39, 0.29) is 12.0 Å². The lowest BCUT2D eigenvalue weighted by Gasteiger charge is -2.34. The van der Waals surface area contributed by atoms with E-state index >= 15 is 0 Å². The van der Waals surface area contributed by atoms with Gasteiger partial charge in [-0.3, -0.25) is 9.69 Å². The van der Waals surface area contributed by atoms with Crippen LogP contribution in [0.1, 0.15) is 25.0 Å². The topological polar surface area (TPSA) is 50.8 Å². The molecule has 23 heavy (non-hydrogen) atoms. The first-order chi connectivity index (χ1) is 11.1. The van der Waals surface area contributed by atoms with E-state index in [1.165, 1.54) is 11.1 Å². The normalized spacial score (nSPS) is 21.1. The Labute approximate surface area is 137 Å². The fraction of sp³-hybridized carbons (Fsp3) is 0.611. The maximum absolute atomic E-state index is 12.3. The van der Waals surface area contributed by atoms with Gasteiger partial charge in [0.15, 0.2) is 0 Å². The average molecular weight is 318 g/mol. The van der Waals surface area contributed by atoms with Crippen LogP contribution in [-0.4, -0.2) is 55.8 Å². The van der Waals surface area contributed by atoms with Gasteiger partial charge >= 0.3 is 0 Å². The molecule has 3 rings (SSSR count). The summed E-state index contributed by atoms with van der Waals surface area (Å²) < 4.78 is 11.1. The molecule has 5 nitrogen and oxygen atoms in total. The molecule has 1 amide bonds. The van der Waals surface area contributed by atoms with Gasteiger partial charge < -0.3 is 14.8 Å². The minimum Gasteiger partial charge on any atom is -0.493 e. The van der Waals surface area contributed by atoms with Gasteiger partial charge in [-0.05, 0) is 37.5 Å². The minimum absolute atomic E-state index is 0.000145. The highest BCUT2D eigenvalue weighted by atomic mass is 16.5. The van der Waals surface area contributed by atoms with E-state index < -0.39 is 0 Å². The fourth-order valence-electron chi connectivity index (χ4n) is 3.14. The lowest BCUT2D eigenvalue weighted by Crippen LogP contribution is -2.51. The van der Waals surface area contributed by atoms with Gasteiger partial charge in [-0.2, -0.15) is 0 Å². The van der Waals surface area contributed by atoms with Crippen LogP contribution in [0.2, 0.25) is 0 Å². The predicted octanol–water partition coefficient (Wildman–Crippen LogP) is 1.39. The van der Waals surface area contributed by atoms with Crippen molar-refractivity contribution in [2.75, 3.05) is 32.8 Å². The SMILES string of the molecule is CC(C)N1CCO[C@@H](C(=O)NCCc2ccc3c(c2)CCO3)C1. The van der Waals surface area contributed by atoms with Crippen LogP contribution in [0.25, 0.3) is 0 Å². The Kier molecular flexibility index (Phi) is 5.18. The van der Waals surface area contributed by atoms with Crippen molar-refractivity contribution in [3.63, 3.8) is 0 Å². The van der Waals surface area contributed by atoms with Crippen molar-refractivity contribution in [2.45, 2.75) is 38.8 Å².